The topological polar surface area (TPSA) is 65.0 Å². The molecule has 0 radical (unpaired) electrons. The Bertz CT molecular complexity index is 727. The van der Waals surface area contributed by atoms with Gasteiger partial charge in [0, 0.05) is 22.0 Å². The third kappa shape index (κ3) is 3.05. The molecule has 108 valence electrons. The van der Waals surface area contributed by atoms with E-state index >= 15 is 0 Å². The van der Waals surface area contributed by atoms with Gasteiger partial charge in [0.25, 0.3) is 0 Å². The van der Waals surface area contributed by atoms with Gasteiger partial charge in [0.15, 0.2) is 0 Å². The summed E-state index contributed by atoms with van der Waals surface area (Å²) in [5.41, 5.74) is 2.96. The molecule has 5 nitrogen and oxygen atoms in total. The van der Waals surface area contributed by atoms with E-state index in [1.54, 1.807) is 0 Å². The molecule has 3 aromatic rings. The van der Waals surface area contributed by atoms with Crippen molar-refractivity contribution in [3.05, 3.63) is 51.6 Å². The smallest absolute Gasteiger partial charge is 0.227 e. The average Bonchev–Trinajstić information content (AvgIpc) is 3.06. The summed E-state index contributed by atoms with van der Waals surface area (Å²) in [6, 6.07) is 7.81. The first-order chi connectivity index (χ1) is 10.1. The lowest BCUT2D eigenvalue weighted by molar-refractivity contribution is 0.377. The van der Waals surface area contributed by atoms with Crippen LogP contribution in [-0.2, 0) is 12.8 Å². The van der Waals surface area contributed by atoms with Crippen LogP contribution < -0.4 is 0 Å². The summed E-state index contributed by atoms with van der Waals surface area (Å²) in [7, 11) is 0. The lowest BCUT2D eigenvalue weighted by atomic mass is 10.1. The molecule has 0 aliphatic carbocycles. The molecule has 21 heavy (non-hydrogen) atoms. The molecule has 0 atom stereocenters. The number of benzene rings is 1. The fourth-order valence-electron chi connectivity index (χ4n) is 2.16. The maximum absolute atomic E-state index is 5.30. The minimum absolute atomic E-state index is 0.608. The first kappa shape index (κ1) is 14.0. The van der Waals surface area contributed by atoms with Crippen LogP contribution in [0.15, 0.2) is 37.8 Å². The number of aromatic nitrogens is 3. The van der Waals surface area contributed by atoms with Crippen molar-refractivity contribution in [3.63, 3.8) is 0 Å². The second kappa shape index (κ2) is 5.81. The highest BCUT2D eigenvalue weighted by Crippen LogP contribution is 2.20. The van der Waals surface area contributed by atoms with Gasteiger partial charge in [-0.25, -0.2) is 0 Å². The molecule has 0 N–H and O–H groups in total. The summed E-state index contributed by atoms with van der Waals surface area (Å²) < 4.78 is 11.5. The summed E-state index contributed by atoms with van der Waals surface area (Å²) in [5.74, 6) is 2.07. The molecule has 6 heteroatoms. The molecule has 0 aliphatic rings. The standard InChI is InChI=1S/C15H14BrN3O2/c1-9-13(10(2)20-18-9)7-8-14-17-15(19-21-14)11-3-5-12(16)6-4-11/h3-6H,7-8H2,1-2H3. The third-order valence-corrected chi connectivity index (χ3v) is 3.87. The first-order valence-electron chi connectivity index (χ1n) is 6.64. The molecular weight excluding hydrogens is 334 g/mol. The highest BCUT2D eigenvalue weighted by Gasteiger charge is 2.12. The first-order valence-corrected chi connectivity index (χ1v) is 7.43. The minimum atomic E-state index is 0.608. The normalized spacial score (nSPS) is 11.0. The molecule has 0 saturated carbocycles. The molecule has 2 aromatic heterocycles. The SMILES string of the molecule is Cc1noc(C)c1CCc1nc(-c2ccc(Br)cc2)no1. The highest BCUT2D eigenvalue weighted by molar-refractivity contribution is 9.10. The monoisotopic (exact) mass is 347 g/mol. The Labute approximate surface area is 130 Å². The summed E-state index contributed by atoms with van der Waals surface area (Å²) in [6.07, 6.45) is 1.45. The van der Waals surface area contributed by atoms with Crippen molar-refractivity contribution in [2.45, 2.75) is 26.7 Å². The van der Waals surface area contributed by atoms with Gasteiger partial charge in [0.05, 0.1) is 5.69 Å². The van der Waals surface area contributed by atoms with Gasteiger partial charge >= 0.3 is 0 Å². The molecule has 2 heterocycles. The van der Waals surface area contributed by atoms with Crippen LogP contribution in [0.25, 0.3) is 11.4 Å². The molecule has 0 amide bonds. The van der Waals surface area contributed by atoms with Crippen molar-refractivity contribution in [2.75, 3.05) is 0 Å². The Kier molecular flexibility index (Phi) is 3.88. The molecule has 0 fully saturated rings. The predicted octanol–water partition coefficient (Wildman–Crippen LogP) is 3.89. The fourth-order valence-corrected chi connectivity index (χ4v) is 2.43. The Morgan fingerprint density at radius 2 is 1.76 bits per heavy atom. The van der Waals surface area contributed by atoms with Gasteiger partial charge in [-0.05, 0) is 44.5 Å². The summed E-state index contributed by atoms with van der Waals surface area (Å²) in [6.45, 7) is 3.85. The lowest BCUT2D eigenvalue weighted by Gasteiger charge is -1.96. The number of nitrogens with zero attached hydrogens (tertiary/aromatic N) is 3. The molecule has 0 saturated heterocycles. The zero-order valence-corrected chi connectivity index (χ0v) is 13.3. The van der Waals surface area contributed by atoms with E-state index in [9.17, 15) is 0 Å². The van der Waals surface area contributed by atoms with Crippen LogP contribution in [0.3, 0.4) is 0 Å². The highest BCUT2D eigenvalue weighted by atomic mass is 79.9. The van der Waals surface area contributed by atoms with Crippen molar-refractivity contribution in [1.29, 1.82) is 0 Å². The Morgan fingerprint density at radius 1 is 1.00 bits per heavy atom. The number of halogens is 1. The molecule has 0 bridgehead atoms. The maximum Gasteiger partial charge on any atom is 0.227 e. The molecular formula is C15H14BrN3O2. The molecule has 0 spiro atoms. The zero-order valence-electron chi connectivity index (χ0n) is 11.8. The van der Waals surface area contributed by atoms with E-state index in [2.05, 4.69) is 31.2 Å². The summed E-state index contributed by atoms with van der Waals surface area (Å²) in [5, 5.41) is 7.96. The van der Waals surface area contributed by atoms with Gasteiger partial charge in [0.2, 0.25) is 11.7 Å². The van der Waals surface area contributed by atoms with Crippen LogP contribution in [-0.4, -0.2) is 15.3 Å². The van der Waals surface area contributed by atoms with Crippen LogP contribution in [0.5, 0.6) is 0 Å². The van der Waals surface area contributed by atoms with Crippen LogP contribution in [0.4, 0.5) is 0 Å². The van der Waals surface area contributed by atoms with Crippen molar-refractivity contribution in [1.82, 2.24) is 15.3 Å². The third-order valence-electron chi connectivity index (χ3n) is 3.34. The van der Waals surface area contributed by atoms with Crippen molar-refractivity contribution in [3.8, 4) is 11.4 Å². The van der Waals surface area contributed by atoms with Crippen molar-refractivity contribution in [2.24, 2.45) is 0 Å². The van der Waals surface area contributed by atoms with E-state index in [-0.39, 0.29) is 0 Å². The Balaban J connectivity index is 1.72. The van der Waals surface area contributed by atoms with E-state index in [1.165, 1.54) is 0 Å². The second-order valence-electron chi connectivity index (χ2n) is 4.82. The van der Waals surface area contributed by atoms with Crippen molar-refractivity contribution < 1.29 is 9.05 Å². The van der Waals surface area contributed by atoms with Crippen molar-refractivity contribution >= 4 is 15.9 Å². The molecule has 1 aromatic carbocycles. The fraction of sp³-hybridized carbons (Fsp3) is 0.267. The van der Waals surface area contributed by atoms with E-state index in [0.29, 0.717) is 18.1 Å². The summed E-state index contributed by atoms with van der Waals surface area (Å²) in [4.78, 5) is 4.42. The van der Waals surface area contributed by atoms with Crippen LogP contribution in [0.1, 0.15) is 22.9 Å². The second-order valence-corrected chi connectivity index (χ2v) is 5.74. The van der Waals surface area contributed by atoms with E-state index in [1.807, 2.05) is 38.1 Å². The lowest BCUT2D eigenvalue weighted by Crippen LogP contribution is -1.94. The van der Waals surface area contributed by atoms with Gasteiger partial charge in [0.1, 0.15) is 5.76 Å². The largest absolute Gasteiger partial charge is 0.361 e. The average molecular weight is 348 g/mol. The van der Waals surface area contributed by atoms with Gasteiger partial charge in [-0.1, -0.05) is 26.2 Å². The predicted molar refractivity (Wildman–Crippen MR) is 80.8 cm³/mol. The van der Waals surface area contributed by atoms with Crippen LogP contribution in [0, 0.1) is 13.8 Å². The van der Waals surface area contributed by atoms with Gasteiger partial charge < -0.3 is 9.05 Å². The Morgan fingerprint density at radius 3 is 2.43 bits per heavy atom. The molecule has 3 rings (SSSR count). The van der Waals surface area contributed by atoms with E-state index in [0.717, 1.165) is 33.5 Å². The number of aryl methyl sites for hydroxylation is 3. The Hall–Kier alpha value is -1.95. The minimum Gasteiger partial charge on any atom is -0.361 e. The van der Waals surface area contributed by atoms with Crippen LogP contribution >= 0.6 is 15.9 Å². The van der Waals surface area contributed by atoms with Gasteiger partial charge in [-0.2, -0.15) is 4.98 Å². The number of rotatable bonds is 4. The number of hydrogen-bond acceptors (Lipinski definition) is 5. The summed E-state index contributed by atoms with van der Waals surface area (Å²) >= 11 is 3.40. The maximum atomic E-state index is 5.30. The van der Waals surface area contributed by atoms with Gasteiger partial charge in [-0.15, -0.1) is 0 Å². The van der Waals surface area contributed by atoms with Gasteiger partial charge in [-0.3, -0.25) is 0 Å². The van der Waals surface area contributed by atoms with E-state index < -0.39 is 0 Å². The number of hydrogen-bond donors (Lipinski definition) is 0. The molecule has 0 aliphatic heterocycles. The molecule has 0 unspecified atom stereocenters. The van der Waals surface area contributed by atoms with E-state index in [4.69, 9.17) is 9.05 Å². The van der Waals surface area contributed by atoms with Crippen LogP contribution in [0.2, 0.25) is 0 Å². The zero-order chi connectivity index (χ0) is 14.8. The quantitative estimate of drug-likeness (QED) is 0.716.